The van der Waals surface area contributed by atoms with Crippen molar-refractivity contribution in [2.75, 3.05) is 43.1 Å². The van der Waals surface area contributed by atoms with Crippen molar-refractivity contribution >= 4 is 17.3 Å². The molecule has 0 atom stereocenters. The molecule has 1 N–H and O–H groups in total. The summed E-state index contributed by atoms with van der Waals surface area (Å²) in [5.41, 5.74) is 0.893. The molecule has 2 aromatic rings. The lowest BCUT2D eigenvalue weighted by molar-refractivity contribution is -0.169. The van der Waals surface area contributed by atoms with Crippen LogP contribution in [0.5, 0.6) is 5.75 Å². The van der Waals surface area contributed by atoms with Gasteiger partial charge in [-0.3, -0.25) is 0 Å². The van der Waals surface area contributed by atoms with Gasteiger partial charge < -0.3 is 24.4 Å². The lowest BCUT2D eigenvalue weighted by atomic mass is 10.0. The Labute approximate surface area is 153 Å². The van der Waals surface area contributed by atoms with Gasteiger partial charge in [-0.2, -0.15) is 0 Å². The quantitative estimate of drug-likeness (QED) is 0.883. The fourth-order valence-corrected chi connectivity index (χ4v) is 3.44. The second kappa shape index (κ2) is 7.47. The molecule has 0 aliphatic carbocycles. The van der Waals surface area contributed by atoms with Gasteiger partial charge >= 0.3 is 0 Å². The Bertz CT molecular complexity index is 739. The van der Waals surface area contributed by atoms with E-state index < -0.39 is 0 Å². The zero-order valence-corrected chi connectivity index (χ0v) is 15.0. The van der Waals surface area contributed by atoms with Crippen LogP contribution in [0.25, 0.3) is 0 Å². The zero-order chi connectivity index (χ0) is 17.8. The fourth-order valence-electron chi connectivity index (χ4n) is 3.44. The minimum Gasteiger partial charge on any atom is -0.492 e. The molecular weight excluding hydrogens is 332 g/mol. The molecule has 0 amide bonds. The maximum Gasteiger partial charge on any atom is 0.171 e. The van der Waals surface area contributed by atoms with Crippen molar-refractivity contribution in [2.45, 2.75) is 25.6 Å². The lowest BCUT2D eigenvalue weighted by Crippen LogP contribution is -2.45. The normalized spacial score (nSPS) is 18.9. The number of piperidine rings is 1. The Morgan fingerprint density at radius 2 is 1.92 bits per heavy atom. The molecule has 3 heterocycles. The predicted octanol–water partition coefficient (Wildman–Crippen LogP) is 2.96. The first kappa shape index (κ1) is 17.1. The average Bonchev–Trinajstić information content (AvgIpc) is 3.12. The third-order valence-corrected chi connectivity index (χ3v) is 4.77. The van der Waals surface area contributed by atoms with Gasteiger partial charge in [0.2, 0.25) is 0 Å². The van der Waals surface area contributed by atoms with Gasteiger partial charge in [0.05, 0.1) is 25.5 Å². The van der Waals surface area contributed by atoms with Crippen molar-refractivity contribution in [3.8, 4) is 5.75 Å². The van der Waals surface area contributed by atoms with Crippen LogP contribution < -0.4 is 15.0 Å². The van der Waals surface area contributed by atoms with E-state index >= 15 is 0 Å². The van der Waals surface area contributed by atoms with E-state index in [0.717, 1.165) is 49.0 Å². The Hall–Kier alpha value is -2.38. The highest BCUT2D eigenvalue weighted by atomic mass is 16.7. The van der Waals surface area contributed by atoms with Crippen LogP contribution >= 0.6 is 0 Å². The Balaban J connectivity index is 1.46. The van der Waals surface area contributed by atoms with Gasteiger partial charge in [0.15, 0.2) is 5.79 Å². The smallest absolute Gasteiger partial charge is 0.171 e. The van der Waals surface area contributed by atoms with Crippen LogP contribution in [-0.2, 0) is 9.47 Å². The number of benzene rings is 1. The third kappa shape index (κ3) is 3.59. The summed E-state index contributed by atoms with van der Waals surface area (Å²) in [6, 6.07) is 9.82. The van der Waals surface area contributed by atoms with Crippen molar-refractivity contribution in [2.24, 2.45) is 0 Å². The highest BCUT2D eigenvalue weighted by Gasteiger charge is 2.40. The first-order chi connectivity index (χ1) is 12.8. The Morgan fingerprint density at radius 3 is 2.69 bits per heavy atom. The van der Waals surface area contributed by atoms with Crippen molar-refractivity contribution in [3.63, 3.8) is 0 Å². The summed E-state index contributed by atoms with van der Waals surface area (Å²) in [5.74, 6) is 2.09. The minimum atomic E-state index is -0.374. The molecule has 0 unspecified atom stereocenters. The second-order valence-corrected chi connectivity index (χ2v) is 6.41. The van der Waals surface area contributed by atoms with Crippen LogP contribution in [0, 0.1) is 0 Å². The summed E-state index contributed by atoms with van der Waals surface area (Å²) in [5, 5.41) is 3.33. The summed E-state index contributed by atoms with van der Waals surface area (Å²) in [6.07, 6.45) is 3.30. The van der Waals surface area contributed by atoms with Crippen molar-refractivity contribution in [3.05, 3.63) is 36.7 Å². The topological polar surface area (TPSA) is 68.7 Å². The summed E-state index contributed by atoms with van der Waals surface area (Å²) in [6.45, 7) is 5.69. The zero-order valence-electron chi connectivity index (χ0n) is 15.0. The Kier molecular flexibility index (Phi) is 4.90. The molecule has 2 aliphatic rings. The third-order valence-electron chi connectivity index (χ3n) is 4.77. The van der Waals surface area contributed by atoms with E-state index in [4.69, 9.17) is 14.2 Å². The van der Waals surface area contributed by atoms with E-state index in [1.54, 1.807) is 6.33 Å². The number of anilines is 3. The van der Waals surface area contributed by atoms with Crippen molar-refractivity contribution in [1.29, 1.82) is 0 Å². The van der Waals surface area contributed by atoms with E-state index in [9.17, 15) is 0 Å². The molecule has 1 spiro atoms. The molecule has 2 aliphatic heterocycles. The fraction of sp³-hybridized carbons (Fsp3) is 0.474. The molecule has 0 bridgehead atoms. The maximum absolute atomic E-state index is 5.80. The molecule has 2 saturated heterocycles. The molecule has 2 fully saturated rings. The highest BCUT2D eigenvalue weighted by Crippen LogP contribution is 2.33. The number of rotatable bonds is 5. The van der Waals surface area contributed by atoms with E-state index in [0.29, 0.717) is 19.8 Å². The summed E-state index contributed by atoms with van der Waals surface area (Å²) < 4.78 is 17.3. The monoisotopic (exact) mass is 356 g/mol. The van der Waals surface area contributed by atoms with Gasteiger partial charge in [-0.1, -0.05) is 12.1 Å². The summed E-state index contributed by atoms with van der Waals surface area (Å²) in [7, 11) is 0. The number of hydrogen-bond donors (Lipinski definition) is 1. The number of nitrogens with zero attached hydrogens (tertiary/aromatic N) is 3. The largest absolute Gasteiger partial charge is 0.492 e. The van der Waals surface area contributed by atoms with Crippen molar-refractivity contribution < 1.29 is 14.2 Å². The number of aromatic nitrogens is 2. The van der Waals surface area contributed by atoms with E-state index in [-0.39, 0.29) is 5.79 Å². The average molecular weight is 356 g/mol. The lowest BCUT2D eigenvalue weighted by Gasteiger charge is -2.38. The van der Waals surface area contributed by atoms with E-state index in [1.165, 1.54) is 0 Å². The first-order valence-electron chi connectivity index (χ1n) is 9.12. The molecular formula is C19H24N4O3. The molecule has 7 heteroatoms. The molecule has 1 aromatic carbocycles. The molecule has 0 saturated carbocycles. The standard InChI is InChI=1S/C19H24N4O3/c1-2-24-16-6-4-3-5-15(16)22-17-13-18(21-14-20-17)23-9-7-19(8-10-23)25-11-12-26-19/h3-6,13-14H,2,7-12H2,1H3,(H,20,21,22). The summed E-state index contributed by atoms with van der Waals surface area (Å²) in [4.78, 5) is 11.0. The molecule has 26 heavy (non-hydrogen) atoms. The first-order valence-corrected chi connectivity index (χ1v) is 9.12. The van der Waals surface area contributed by atoms with Gasteiger partial charge in [-0.25, -0.2) is 9.97 Å². The molecule has 4 rings (SSSR count). The van der Waals surface area contributed by atoms with Gasteiger partial charge in [0, 0.05) is 32.0 Å². The predicted molar refractivity (Wildman–Crippen MR) is 99.0 cm³/mol. The number of nitrogens with one attached hydrogen (secondary N) is 1. The van der Waals surface area contributed by atoms with E-state index in [1.807, 2.05) is 37.3 Å². The summed E-state index contributed by atoms with van der Waals surface area (Å²) >= 11 is 0. The van der Waals surface area contributed by atoms with Crippen LogP contribution in [0.2, 0.25) is 0 Å². The van der Waals surface area contributed by atoms with Gasteiger partial charge in [0.25, 0.3) is 0 Å². The molecule has 1 aromatic heterocycles. The Morgan fingerprint density at radius 1 is 1.15 bits per heavy atom. The highest BCUT2D eigenvalue weighted by molar-refractivity contribution is 5.65. The van der Waals surface area contributed by atoms with E-state index in [2.05, 4.69) is 20.2 Å². The number of para-hydroxylation sites is 2. The van der Waals surface area contributed by atoms with Gasteiger partial charge in [0.1, 0.15) is 23.7 Å². The van der Waals surface area contributed by atoms with Crippen LogP contribution in [0.4, 0.5) is 17.3 Å². The molecule has 138 valence electrons. The minimum absolute atomic E-state index is 0.374. The van der Waals surface area contributed by atoms with Crippen molar-refractivity contribution in [1.82, 2.24) is 9.97 Å². The van der Waals surface area contributed by atoms with Gasteiger partial charge in [-0.15, -0.1) is 0 Å². The SMILES string of the molecule is CCOc1ccccc1Nc1cc(N2CCC3(CC2)OCCO3)ncn1. The van der Waals surface area contributed by atoms with Crippen LogP contribution in [-0.4, -0.2) is 48.7 Å². The van der Waals surface area contributed by atoms with Gasteiger partial charge in [-0.05, 0) is 19.1 Å². The molecule has 7 nitrogen and oxygen atoms in total. The second-order valence-electron chi connectivity index (χ2n) is 6.41. The molecule has 0 radical (unpaired) electrons. The maximum atomic E-state index is 5.80. The van der Waals surface area contributed by atoms with Crippen LogP contribution in [0.15, 0.2) is 36.7 Å². The van der Waals surface area contributed by atoms with Crippen LogP contribution in [0.1, 0.15) is 19.8 Å². The number of hydrogen-bond acceptors (Lipinski definition) is 7. The number of ether oxygens (including phenoxy) is 3. The van der Waals surface area contributed by atoms with Crippen LogP contribution in [0.3, 0.4) is 0 Å².